The van der Waals surface area contributed by atoms with Crippen molar-refractivity contribution in [1.82, 2.24) is 0 Å². The lowest BCUT2D eigenvalue weighted by Crippen LogP contribution is -2.61. The van der Waals surface area contributed by atoms with Crippen LogP contribution >= 0.6 is 0 Å². The SMILES string of the molecule is CCCC(N)B(C(N)CCC)C(N)CCC. The van der Waals surface area contributed by atoms with Gasteiger partial charge in [-0.1, -0.05) is 40.0 Å². The molecule has 0 saturated heterocycles. The Kier molecular flexibility index (Phi) is 8.99. The lowest BCUT2D eigenvalue weighted by atomic mass is 9.33. The third kappa shape index (κ3) is 5.33. The second-order valence-electron chi connectivity index (χ2n) is 4.93. The van der Waals surface area contributed by atoms with Crippen LogP contribution in [-0.4, -0.2) is 24.5 Å². The minimum absolute atomic E-state index is 0.160. The fourth-order valence-electron chi connectivity index (χ4n) is 2.53. The molecular weight excluding hydrogens is 197 g/mol. The monoisotopic (exact) mass is 227 g/mol. The van der Waals surface area contributed by atoms with E-state index in [9.17, 15) is 0 Å². The predicted octanol–water partition coefficient (Wildman–Crippen LogP) is 1.48. The number of hydrogen-bond acceptors (Lipinski definition) is 3. The van der Waals surface area contributed by atoms with Gasteiger partial charge in [0.25, 0.3) is 0 Å². The molecule has 0 rings (SSSR count). The van der Waals surface area contributed by atoms with E-state index in [4.69, 9.17) is 17.2 Å². The highest BCUT2D eigenvalue weighted by Crippen LogP contribution is 2.12. The van der Waals surface area contributed by atoms with Gasteiger partial charge in [-0.3, -0.25) is 0 Å². The quantitative estimate of drug-likeness (QED) is 0.522. The zero-order valence-electron chi connectivity index (χ0n) is 11.3. The predicted molar refractivity (Wildman–Crippen MR) is 74.4 cm³/mol. The Morgan fingerprint density at radius 1 is 0.688 bits per heavy atom. The topological polar surface area (TPSA) is 78.1 Å². The number of hydrogen-bond donors (Lipinski definition) is 3. The Morgan fingerprint density at radius 2 is 0.938 bits per heavy atom. The van der Waals surface area contributed by atoms with Crippen molar-refractivity contribution in [3.8, 4) is 0 Å². The van der Waals surface area contributed by atoms with E-state index in [0.29, 0.717) is 0 Å². The summed E-state index contributed by atoms with van der Waals surface area (Å²) in [6.45, 7) is 6.76. The summed E-state index contributed by atoms with van der Waals surface area (Å²) < 4.78 is 0. The smallest absolute Gasteiger partial charge is 0.197 e. The van der Waals surface area contributed by atoms with E-state index in [0.717, 1.165) is 38.5 Å². The summed E-state index contributed by atoms with van der Waals surface area (Å²) in [5.41, 5.74) is 18.7. The first-order chi connectivity index (χ1) is 7.58. The molecule has 3 unspecified atom stereocenters. The molecule has 0 aliphatic heterocycles. The van der Waals surface area contributed by atoms with Crippen molar-refractivity contribution in [2.24, 2.45) is 17.2 Å². The van der Waals surface area contributed by atoms with E-state index in [1.807, 2.05) is 0 Å². The fourth-order valence-corrected chi connectivity index (χ4v) is 2.53. The van der Waals surface area contributed by atoms with Crippen molar-refractivity contribution in [2.45, 2.75) is 77.1 Å². The molecule has 6 N–H and O–H groups in total. The van der Waals surface area contributed by atoms with E-state index < -0.39 is 0 Å². The van der Waals surface area contributed by atoms with E-state index in [-0.39, 0.29) is 24.5 Å². The lowest BCUT2D eigenvalue weighted by Gasteiger charge is -2.31. The molecule has 0 aliphatic rings. The maximum atomic E-state index is 6.23. The molecular formula is C12H30BN3. The summed E-state index contributed by atoms with van der Waals surface area (Å²) in [7, 11) is 0. The molecule has 3 nitrogen and oxygen atoms in total. The molecule has 4 heteroatoms. The molecule has 0 aromatic rings. The van der Waals surface area contributed by atoms with Crippen LogP contribution in [0.3, 0.4) is 0 Å². The van der Waals surface area contributed by atoms with Crippen LogP contribution in [0.5, 0.6) is 0 Å². The largest absolute Gasteiger partial charge is 0.334 e. The molecule has 0 aromatic heterocycles. The lowest BCUT2D eigenvalue weighted by molar-refractivity contribution is 0.636. The van der Waals surface area contributed by atoms with Gasteiger partial charge in [-0.05, 0) is 37.1 Å². The van der Waals surface area contributed by atoms with E-state index in [1.54, 1.807) is 0 Å². The Bertz CT molecular complexity index is 138. The van der Waals surface area contributed by atoms with Crippen LogP contribution < -0.4 is 17.2 Å². The van der Waals surface area contributed by atoms with Crippen molar-refractivity contribution in [2.75, 3.05) is 0 Å². The first-order valence-electron chi connectivity index (χ1n) is 6.85. The minimum atomic E-state index is 0.160. The van der Waals surface area contributed by atoms with Crippen molar-refractivity contribution < 1.29 is 0 Å². The normalized spacial score (nSPS) is 16.9. The Morgan fingerprint density at radius 3 is 1.12 bits per heavy atom. The second-order valence-corrected chi connectivity index (χ2v) is 4.93. The molecule has 0 amide bonds. The first-order valence-corrected chi connectivity index (χ1v) is 6.85. The van der Waals surface area contributed by atoms with Crippen molar-refractivity contribution >= 4 is 6.71 Å². The molecule has 0 aliphatic carbocycles. The van der Waals surface area contributed by atoms with Crippen LogP contribution in [0.4, 0.5) is 0 Å². The molecule has 96 valence electrons. The zero-order valence-corrected chi connectivity index (χ0v) is 11.3. The Labute approximate surface area is 102 Å². The van der Waals surface area contributed by atoms with Crippen molar-refractivity contribution in [3.05, 3.63) is 0 Å². The van der Waals surface area contributed by atoms with Gasteiger partial charge in [-0.2, -0.15) is 0 Å². The van der Waals surface area contributed by atoms with Gasteiger partial charge in [-0.15, -0.1) is 0 Å². The molecule has 0 heterocycles. The molecule has 0 aromatic carbocycles. The molecule has 16 heavy (non-hydrogen) atoms. The molecule has 0 bridgehead atoms. The molecule has 0 saturated carbocycles. The summed E-state index contributed by atoms with van der Waals surface area (Å²) in [6, 6.07) is 0. The second kappa shape index (κ2) is 9.02. The summed E-state index contributed by atoms with van der Waals surface area (Å²) in [4.78, 5) is 0. The summed E-state index contributed by atoms with van der Waals surface area (Å²) in [6.07, 6.45) is 6.40. The fraction of sp³-hybridized carbons (Fsp3) is 1.00. The minimum Gasteiger partial charge on any atom is -0.334 e. The average Bonchev–Trinajstić information content (AvgIpc) is 2.19. The van der Waals surface area contributed by atoms with E-state index in [1.165, 1.54) is 0 Å². The zero-order chi connectivity index (χ0) is 12.6. The third-order valence-corrected chi connectivity index (χ3v) is 3.35. The molecule has 0 radical (unpaired) electrons. The maximum Gasteiger partial charge on any atom is 0.197 e. The molecule has 3 atom stereocenters. The van der Waals surface area contributed by atoms with Gasteiger partial charge in [0.2, 0.25) is 0 Å². The van der Waals surface area contributed by atoms with Gasteiger partial charge < -0.3 is 17.2 Å². The number of rotatable bonds is 9. The standard InChI is InChI=1S/C12H30BN3/c1-4-7-10(14)13(11(15)8-5-2)12(16)9-6-3/h10-12H,4-9,14-16H2,1-3H3. The maximum absolute atomic E-state index is 6.23. The van der Waals surface area contributed by atoms with Gasteiger partial charge >= 0.3 is 0 Å². The molecule has 0 fully saturated rings. The highest BCUT2D eigenvalue weighted by molar-refractivity contribution is 6.63. The molecule has 0 spiro atoms. The van der Waals surface area contributed by atoms with Crippen LogP contribution in [0.2, 0.25) is 0 Å². The van der Waals surface area contributed by atoms with Gasteiger partial charge in [0.15, 0.2) is 6.71 Å². The number of nitrogens with two attached hydrogens (primary N) is 3. The van der Waals surface area contributed by atoms with Crippen LogP contribution in [-0.2, 0) is 0 Å². The van der Waals surface area contributed by atoms with Gasteiger partial charge in [-0.25, -0.2) is 0 Å². The van der Waals surface area contributed by atoms with Crippen LogP contribution in [0.1, 0.15) is 59.3 Å². The summed E-state index contributed by atoms with van der Waals surface area (Å²) >= 11 is 0. The van der Waals surface area contributed by atoms with Gasteiger partial charge in [0, 0.05) is 0 Å². The van der Waals surface area contributed by atoms with Crippen molar-refractivity contribution in [3.63, 3.8) is 0 Å². The first kappa shape index (κ1) is 15.9. The van der Waals surface area contributed by atoms with Crippen LogP contribution in [0.25, 0.3) is 0 Å². The Hall–Kier alpha value is -0.0551. The van der Waals surface area contributed by atoms with Gasteiger partial charge in [0.1, 0.15) is 0 Å². The average molecular weight is 227 g/mol. The highest BCUT2D eigenvalue weighted by Gasteiger charge is 2.32. The third-order valence-electron chi connectivity index (χ3n) is 3.35. The summed E-state index contributed by atoms with van der Waals surface area (Å²) in [5, 5.41) is 0. The highest BCUT2D eigenvalue weighted by atomic mass is 14.7. The van der Waals surface area contributed by atoms with E-state index >= 15 is 0 Å². The van der Waals surface area contributed by atoms with Crippen LogP contribution in [0.15, 0.2) is 0 Å². The van der Waals surface area contributed by atoms with Gasteiger partial charge in [0.05, 0.1) is 0 Å². The van der Waals surface area contributed by atoms with E-state index in [2.05, 4.69) is 20.8 Å². The Balaban J connectivity index is 4.47. The van der Waals surface area contributed by atoms with Crippen LogP contribution in [0, 0.1) is 0 Å². The summed E-state index contributed by atoms with van der Waals surface area (Å²) in [5.74, 6) is 0.481. The van der Waals surface area contributed by atoms with Crippen molar-refractivity contribution in [1.29, 1.82) is 0 Å².